The van der Waals surface area contributed by atoms with E-state index in [1.165, 1.54) is 23.7 Å². The second kappa shape index (κ2) is 11.2. The van der Waals surface area contributed by atoms with Crippen LogP contribution in [0.4, 0.5) is 9.52 Å². The van der Waals surface area contributed by atoms with Crippen molar-refractivity contribution >= 4 is 22.6 Å². The predicted molar refractivity (Wildman–Crippen MR) is 118 cm³/mol. The quantitative estimate of drug-likeness (QED) is 0.518. The molecule has 160 valence electrons. The smallest absolute Gasteiger partial charge is 0.224 e. The number of amides is 1. The van der Waals surface area contributed by atoms with Crippen LogP contribution in [0.2, 0.25) is 0 Å². The number of rotatable bonds is 11. The molecule has 2 rings (SSSR count). The predicted octanol–water partition coefficient (Wildman–Crippen LogP) is 4.91. The lowest BCUT2D eigenvalue weighted by Crippen LogP contribution is -2.43. The number of carbonyl (C=O) groups is 1. The maximum Gasteiger partial charge on any atom is 0.224 e. The Bertz CT molecular complexity index is 752. The molecule has 0 aliphatic rings. The van der Waals surface area contributed by atoms with E-state index in [9.17, 15) is 9.18 Å². The number of carbonyl (C=O) groups excluding carboxylic acids is 1. The minimum Gasteiger partial charge on any atom is -0.346 e. The zero-order valence-electron chi connectivity index (χ0n) is 18.2. The molecule has 0 bridgehead atoms. The lowest BCUT2D eigenvalue weighted by atomic mass is 10.1. The summed E-state index contributed by atoms with van der Waals surface area (Å²) in [7, 11) is 0. The van der Waals surface area contributed by atoms with Crippen LogP contribution in [0.3, 0.4) is 0 Å². The van der Waals surface area contributed by atoms with Crippen molar-refractivity contribution < 1.29 is 9.18 Å². The van der Waals surface area contributed by atoms with Gasteiger partial charge in [-0.25, -0.2) is 9.37 Å². The van der Waals surface area contributed by atoms with E-state index in [1.807, 2.05) is 4.90 Å². The Labute approximate surface area is 178 Å². The van der Waals surface area contributed by atoms with Crippen molar-refractivity contribution in [3.63, 3.8) is 0 Å². The van der Waals surface area contributed by atoms with Crippen molar-refractivity contribution in [3.05, 3.63) is 41.5 Å². The molecule has 7 heteroatoms. The average Bonchev–Trinajstić information content (AvgIpc) is 3.11. The number of aromatic nitrogens is 2. The number of unbranched alkanes of at least 4 members (excludes halogenated alkanes) is 1. The minimum atomic E-state index is -0.243. The highest BCUT2D eigenvalue weighted by atomic mass is 32.1. The molecule has 0 fully saturated rings. The number of halogens is 1. The molecule has 0 aliphatic carbocycles. The zero-order valence-corrected chi connectivity index (χ0v) is 19.0. The summed E-state index contributed by atoms with van der Waals surface area (Å²) in [6.45, 7) is 11.9. The molecule has 0 radical (unpaired) electrons. The van der Waals surface area contributed by atoms with Crippen LogP contribution in [0, 0.1) is 5.82 Å². The van der Waals surface area contributed by atoms with Crippen molar-refractivity contribution in [1.29, 1.82) is 0 Å². The van der Waals surface area contributed by atoms with E-state index in [2.05, 4.69) is 48.9 Å². The van der Waals surface area contributed by atoms with E-state index in [1.54, 1.807) is 12.1 Å². The second-order valence-corrected chi connectivity index (χ2v) is 8.61. The highest BCUT2D eigenvalue weighted by molar-refractivity contribution is 7.09. The van der Waals surface area contributed by atoms with Gasteiger partial charge in [0.15, 0.2) is 0 Å². The Balaban J connectivity index is 2.04. The average molecular weight is 421 g/mol. The van der Waals surface area contributed by atoms with Crippen LogP contribution in [-0.4, -0.2) is 45.3 Å². The number of hydrogen-bond acceptors (Lipinski definition) is 5. The van der Waals surface area contributed by atoms with Crippen LogP contribution >= 0.6 is 11.5 Å². The van der Waals surface area contributed by atoms with Gasteiger partial charge in [-0.3, -0.25) is 4.79 Å². The van der Waals surface area contributed by atoms with E-state index in [0.717, 1.165) is 35.9 Å². The molecule has 0 saturated carbocycles. The monoisotopic (exact) mass is 420 g/mol. The van der Waals surface area contributed by atoms with Gasteiger partial charge in [0.1, 0.15) is 11.6 Å². The lowest BCUT2D eigenvalue weighted by Gasteiger charge is -2.32. The first-order chi connectivity index (χ1) is 13.8. The van der Waals surface area contributed by atoms with Crippen LogP contribution < -0.4 is 4.90 Å². The van der Waals surface area contributed by atoms with Gasteiger partial charge in [-0.05, 0) is 51.8 Å². The number of anilines is 1. The maximum absolute atomic E-state index is 13.1. The van der Waals surface area contributed by atoms with Crippen LogP contribution in [-0.2, 0) is 11.2 Å². The van der Waals surface area contributed by atoms with E-state index < -0.39 is 0 Å². The van der Waals surface area contributed by atoms with E-state index in [4.69, 9.17) is 0 Å². The molecule has 29 heavy (non-hydrogen) atoms. The molecule has 0 unspecified atom stereocenters. The van der Waals surface area contributed by atoms with Crippen LogP contribution in [0.15, 0.2) is 24.3 Å². The highest BCUT2D eigenvalue weighted by Gasteiger charge is 2.21. The van der Waals surface area contributed by atoms with Gasteiger partial charge in [0, 0.05) is 49.5 Å². The molecule has 1 aromatic carbocycles. The fourth-order valence-electron chi connectivity index (χ4n) is 3.41. The summed E-state index contributed by atoms with van der Waals surface area (Å²) in [5, 5.41) is 0.851. The van der Waals surface area contributed by atoms with Crippen molar-refractivity contribution in [2.75, 3.05) is 18.0 Å². The molecular formula is C22H33FN4OS. The molecule has 1 aromatic heterocycles. The summed E-state index contributed by atoms with van der Waals surface area (Å²) >= 11 is 1.37. The standard InChI is InChI=1S/C22H33FN4OS/c1-6-7-13-26(14-12-21(28)27(16(2)3)17(4)5)22-24-20(25-29-22)15-18-8-10-19(23)11-9-18/h8-11,16-17H,6-7,12-15H2,1-5H3. The summed E-state index contributed by atoms with van der Waals surface area (Å²) < 4.78 is 17.6. The topological polar surface area (TPSA) is 49.3 Å². The summed E-state index contributed by atoms with van der Waals surface area (Å²) in [5.74, 6) is 0.663. The number of benzene rings is 1. The van der Waals surface area contributed by atoms with Crippen molar-refractivity contribution in [3.8, 4) is 0 Å². The second-order valence-electron chi connectivity index (χ2n) is 7.88. The summed E-state index contributed by atoms with van der Waals surface area (Å²) in [6.07, 6.45) is 3.16. The van der Waals surface area contributed by atoms with E-state index in [0.29, 0.717) is 19.4 Å². The molecule has 0 spiro atoms. The van der Waals surface area contributed by atoms with Crippen molar-refractivity contribution in [2.24, 2.45) is 0 Å². The third-order valence-electron chi connectivity index (χ3n) is 4.78. The normalized spacial score (nSPS) is 11.3. The summed E-state index contributed by atoms with van der Waals surface area (Å²) in [5.41, 5.74) is 0.982. The van der Waals surface area contributed by atoms with Crippen LogP contribution in [0.5, 0.6) is 0 Å². The Hall–Kier alpha value is -2.02. The van der Waals surface area contributed by atoms with Gasteiger partial charge in [0.25, 0.3) is 0 Å². The minimum absolute atomic E-state index is 0.174. The SMILES string of the molecule is CCCCN(CCC(=O)N(C(C)C)C(C)C)c1nc(Cc2ccc(F)cc2)ns1. The van der Waals surface area contributed by atoms with Gasteiger partial charge in [0.2, 0.25) is 11.0 Å². The number of hydrogen-bond donors (Lipinski definition) is 0. The third-order valence-corrected chi connectivity index (χ3v) is 5.60. The maximum atomic E-state index is 13.1. The highest BCUT2D eigenvalue weighted by Crippen LogP contribution is 2.21. The Morgan fingerprint density at radius 1 is 1.10 bits per heavy atom. The molecule has 0 atom stereocenters. The zero-order chi connectivity index (χ0) is 21.4. The molecular weight excluding hydrogens is 387 g/mol. The molecule has 1 heterocycles. The molecule has 1 amide bonds. The van der Waals surface area contributed by atoms with Crippen molar-refractivity contribution in [2.45, 2.75) is 72.4 Å². The van der Waals surface area contributed by atoms with Gasteiger partial charge in [-0.1, -0.05) is 25.5 Å². The molecule has 0 saturated heterocycles. The van der Waals surface area contributed by atoms with Gasteiger partial charge in [-0.2, -0.15) is 4.37 Å². The first-order valence-corrected chi connectivity index (χ1v) is 11.2. The van der Waals surface area contributed by atoms with Gasteiger partial charge >= 0.3 is 0 Å². The Morgan fingerprint density at radius 2 is 1.76 bits per heavy atom. The third kappa shape index (κ3) is 7.07. The van der Waals surface area contributed by atoms with Crippen molar-refractivity contribution in [1.82, 2.24) is 14.3 Å². The van der Waals surface area contributed by atoms with Gasteiger partial charge in [-0.15, -0.1) is 0 Å². The Kier molecular flexibility index (Phi) is 9.01. The fraction of sp³-hybridized carbons (Fsp3) is 0.591. The van der Waals surface area contributed by atoms with Crippen LogP contribution in [0.1, 0.15) is 65.3 Å². The summed E-state index contributed by atoms with van der Waals surface area (Å²) in [4.78, 5) is 21.5. The molecule has 0 N–H and O–H groups in total. The van der Waals surface area contributed by atoms with Crippen LogP contribution in [0.25, 0.3) is 0 Å². The molecule has 5 nitrogen and oxygen atoms in total. The Morgan fingerprint density at radius 3 is 2.34 bits per heavy atom. The van der Waals surface area contributed by atoms with E-state index in [-0.39, 0.29) is 23.8 Å². The first kappa shape index (κ1) is 23.3. The van der Waals surface area contributed by atoms with E-state index >= 15 is 0 Å². The molecule has 2 aromatic rings. The fourth-order valence-corrected chi connectivity index (χ4v) is 4.15. The first-order valence-electron chi connectivity index (χ1n) is 10.4. The number of nitrogens with zero attached hydrogens (tertiary/aromatic N) is 4. The largest absolute Gasteiger partial charge is 0.346 e. The van der Waals surface area contributed by atoms with Gasteiger partial charge in [0.05, 0.1) is 0 Å². The summed E-state index contributed by atoms with van der Waals surface area (Å²) in [6, 6.07) is 6.81. The lowest BCUT2D eigenvalue weighted by molar-refractivity contribution is -0.134. The van der Waals surface area contributed by atoms with Gasteiger partial charge < -0.3 is 9.80 Å². The molecule has 0 aliphatic heterocycles.